The maximum absolute atomic E-state index is 13.0. The number of piperidine rings is 1. The summed E-state index contributed by atoms with van der Waals surface area (Å²) in [5, 5.41) is 8.73. The van der Waals surface area contributed by atoms with E-state index in [1.54, 1.807) is 18.2 Å². The number of amides is 1. The van der Waals surface area contributed by atoms with Crippen molar-refractivity contribution in [1.82, 2.24) is 19.5 Å². The molecule has 5 rings (SSSR count). The maximum Gasteiger partial charge on any atom is 0.283 e. The molecule has 1 amide bonds. The molecule has 0 saturated carbocycles. The number of likely N-dealkylation sites (tertiary alicyclic amines) is 1. The number of rotatable bonds is 4. The van der Waals surface area contributed by atoms with Crippen LogP contribution >= 0.6 is 11.3 Å². The molecule has 31 heavy (non-hydrogen) atoms. The Bertz CT molecular complexity index is 1310. The number of aromatic nitrogens is 3. The predicted octanol–water partition coefficient (Wildman–Crippen LogP) is 3.79. The molecule has 8 heteroatoms. The lowest BCUT2D eigenvalue weighted by atomic mass is 9.99. The number of nitrogens with zero attached hydrogens (tertiary/aromatic N) is 4. The fraction of sp³-hybridized carbons (Fsp3) is 0.304. The van der Waals surface area contributed by atoms with Gasteiger partial charge in [0.2, 0.25) is 10.1 Å². The molecule has 158 valence electrons. The fourth-order valence-electron chi connectivity index (χ4n) is 4.04. The summed E-state index contributed by atoms with van der Waals surface area (Å²) in [6.07, 6.45) is 2.18. The number of carbonyl (C=O) groups excluding carboxylic acids is 1. The van der Waals surface area contributed by atoms with Crippen LogP contribution < -0.4 is 10.9 Å². The van der Waals surface area contributed by atoms with E-state index in [2.05, 4.69) is 22.3 Å². The van der Waals surface area contributed by atoms with Crippen LogP contribution in [-0.4, -0.2) is 38.5 Å². The molecule has 0 spiro atoms. The van der Waals surface area contributed by atoms with E-state index in [0.29, 0.717) is 39.0 Å². The molecule has 1 aliphatic heterocycles. The van der Waals surface area contributed by atoms with Crippen LogP contribution in [0.1, 0.15) is 35.7 Å². The lowest BCUT2D eigenvalue weighted by molar-refractivity contribution is 0.0683. The van der Waals surface area contributed by atoms with Gasteiger partial charge in [-0.25, -0.2) is 4.98 Å². The van der Waals surface area contributed by atoms with Crippen LogP contribution in [0.15, 0.2) is 53.3 Å². The van der Waals surface area contributed by atoms with Crippen molar-refractivity contribution in [2.45, 2.75) is 26.3 Å². The third-order valence-corrected chi connectivity index (χ3v) is 6.54. The van der Waals surface area contributed by atoms with Gasteiger partial charge < -0.3 is 10.2 Å². The first kappa shape index (κ1) is 19.7. The third-order valence-electron chi connectivity index (χ3n) is 5.67. The highest BCUT2D eigenvalue weighted by Gasteiger charge is 2.22. The smallest absolute Gasteiger partial charge is 0.283 e. The van der Waals surface area contributed by atoms with Gasteiger partial charge in [0.1, 0.15) is 0 Å². The first-order chi connectivity index (χ1) is 15.1. The van der Waals surface area contributed by atoms with Crippen molar-refractivity contribution in [3.63, 3.8) is 0 Å². The van der Waals surface area contributed by atoms with Crippen LogP contribution in [0, 0.1) is 5.92 Å². The van der Waals surface area contributed by atoms with Crippen molar-refractivity contribution in [2.75, 3.05) is 18.4 Å². The Morgan fingerprint density at radius 1 is 1.23 bits per heavy atom. The second kappa shape index (κ2) is 8.11. The lowest BCUT2D eigenvalue weighted by Crippen LogP contribution is -2.39. The van der Waals surface area contributed by atoms with E-state index >= 15 is 0 Å². The first-order valence-electron chi connectivity index (χ1n) is 10.5. The van der Waals surface area contributed by atoms with Gasteiger partial charge in [0.05, 0.1) is 10.9 Å². The highest BCUT2D eigenvalue weighted by Crippen LogP contribution is 2.22. The van der Waals surface area contributed by atoms with Crippen molar-refractivity contribution >= 4 is 38.2 Å². The Morgan fingerprint density at radius 3 is 2.87 bits per heavy atom. The zero-order chi connectivity index (χ0) is 21.4. The van der Waals surface area contributed by atoms with Gasteiger partial charge in [-0.05, 0) is 42.5 Å². The molecule has 1 N–H and O–H groups in total. The van der Waals surface area contributed by atoms with E-state index in [0.717, 1.165) is 31.5 Å². The van der Waals surface area contributed by atoms with Gasteiger partial charge in [-0.2, -0.15) is 4.52 Å². The van der Waals surface area contributed by atoms with E-state index in [1.807, 2.05) is 35.2 Å². The summed E-state index contributed by atoms with van der Waals surface area (Å²) in [6, 6.07) is 15.1. The maximum atomic E-state index is 13.0. The van der Waals surface area contributed by atoms with Crippen molar-refractivity contribution in [2.24, 2.45) is 5.92 Å². The second-order valence-corrected chi connectivity index (χ2v) is 9.04. The van der Waals surface area contributed by atoms with Gasteiger partial charge in [0, 0.05) is 25.2 Å². The van der Waals surface area contributed by atoms with Gasteiger partial charge in [-0.3, -0.25) is 9.59 Å². The average Bonchev–Trinajstić information content (AvgIpc) is 3.21. The highest BCUT2D eigenvalue weighted by molar-refractivity contribution is 7.20. The monoisotopic (exact) mass is 433 g/mol. The van der Waals surface area contributed by atoms with E-state index in [4.69, 9.17) is 0 Å². The third kappa shape index (κ3) is 3.90. The zero-order valence-corrected chi connectivity index (χ0v) is 18.1. The molecule has 1 atom stereocenters. The fourth-order valence-corrected chi connectivity index (χ4v) is 4.84. The van der Waals surface area contributed by atoms with Gasteiger partial charge >= 0.3 is 0 Å². The molecule has 2 aromatic heterocycles. The van der Waals surface area contributed by atoms with E-state index in [-0.39, 0.29) is 11.5 Å². The molecular weight excluding hydrogens is 410 g/mol. The number of carbonyl (C=O) groups is 1. The van der Waals surface area contributed by atoms with Gasteiger partial charge in [0.25, 0.3) is 11.5 Å². The van der Waals surface area contributed by atoms with Crippen LogP contribution in [-0.2, 0) is 6.54 Å². The highest BCUT2D eigenvalue weighted by atomic mass is 32.1. The SMILES string of the molecule is CC1CCCN(C(=O)c2ccc3c(=O)n4nc(NCc5ccccc5)sc4nc3c2)C1. The van der Waals surface area contributed by atoms with Gasteiger partial charge in [-0.1, -0.05) is 48.6 Å². The molecule has 4 aromatic rings. The lowest BCUT2D eigenvalue weighted by Gasteiger charge is -2.31. The van der Waals surface area contributed by atoms with Crippen molar-refractivity contribution in [3.8, 4) is 0 Å². The number of hydrogen-bond donors (Lipinski definition) is 1. The second-order valence-electron chi connectivity index (χ2n) is 8.09. The van der Waals surface area contributed by atoms with Gasteiger partial charge in [-0.15, -0.1) is 5.10 Å². The molecule has 2 aromatic carbocycles. The molecule has 0 radical (unpaired) electrons. The standard InChI is InChI=1S/C23H23N5O2S/c1-15-6-5-11-27(14-15)20(29)17-9-10-18-19(12-17)25-23-28(21(18)30)26-22(31-23)24-13-16-7-3-2-4-8-16/h2-4,7-10,12,15H,5-6,11,13-14H2,1H3,(H,24,26). The van der Waals surface area contributed by atoms with E-state index in [9.17, 15) is 9.59 Å². The van der Waals surface area contributed by atoms with Crippen LogP contribution in [0.2, 0.25) is 0 Å². The van der Waals surface area contributed by atoms with Crippen LogP contribution in [0.3, 0.4) is 0 Å². The average molecular weight is 434 g/mol. The quantitative estimate of drug-likeness (QED) is 0.530. The summed E-state index contributed by atoms with van der Waals surface area (Å²) < 4.78 is 1.33. The zero-order valence-electron chi connectivity index (χ0n) is 17.2. The topological polar surface area (TPSA) is 79.6 Å². The predicted molar refractivity (Wildman–Crippen MR) is 123 cm³/mol. The van der Waals surface area contributed by atoms with E-state index < -0.39 is 0 Å². The number of fused-ring (bicyclic) bond motifs is 2. The molecule has 1 aliphatic rings. The Kier molecular flexibility index (Phi) is 5.15. The minimum Gasteiger partial charge on any atom is -0.356 e. The summed E-state index contributed by atoms with van der Waals surface area (Å²) in [5.41, 5.74) is 2.00. The van der Waals surface area contributed by atoms with Crippen molar-refractivity contribution < 1.29 is 4.79 Å². The Morgan fingerprint density at radius 2 is 2.06 bits per heavy atom. The van der Waals surface area contributed by atoms with Gasteiger partial charge in [0.15, 0.2) is 0 Å². The van der Waals surface area contributed by atoms with Crippen molar-refractivity contribution in [3.05, 3.63) is 70.0 Å². The number of hydrogen-bond acceptors (Lipinski definition) is 6. The number of anilines is 1. The largest absolute Gasteiger partial charge is 0.356 e. The molecule has 1 fully saturated rings. The number of benzene rings is 2. The Hall–Kier alpha value is -3.26. The van der Waals surface area contributed by atoms with Crippen LogP contribution in [0.5, 0.6) is 0 Å². The summed E-state index contributed by atoms with van der Waals surface area (Å²) in [5.74, 6) is 0.518. The minimum absolute atomic E-state index is 0.00460. The Balaban J connectivity index is 1.45. The normalized spacial score (nSPS) is 16.7. The minimum atomic E-state index is -0.227. The molecule has 7 nitrogen and oxygen atoms in total. The first-order valence-corrected chi connectivity index (χ1v) is 11.3. The summed E-state index contributed by atoms with van der Waals surface area (Å²) in [4.78, 5) is 32.9. The van der Waals surface area contributed by atoms with Crippen LogP contribution in [0.25, 0.3) is 15.9 Å². The molecule has 0 aliphatic carbocycles. The molecule has 1 saturated heterocycles. The number of nitrogens with one attached hydrogen (secondary N) is 1. The van der Waals surface area contributed by atoms with E-state index in [1.165, 1.54) is 15.9 Å². The Labute approximate surface area is 183 Å². The molecule has 0 bridgehead atoms. The van der Waals surface area contributed by atoms with Crippen molar-refractivity contribution in [1.29, 1.82) is 0 Å². The molecular formula is C23H23N5O2S. The molecule has 1 unspecified atom stereocenters. The summed E-state index contributed by atoms with van der Waals surface area (Å²) in [7, 11) is 0. The summed E-state index contributed by atoms with van der Waals surface area (Å²) >= 11 is 1.32. The summed E-state index contributed by atoms with van der Waals surface area (Å²) in [6.45, 7) is 4.34. The molecule has 3 heterocycles. The van der Waals surface area contributed by atoms with Crippen LogP contribution in [0.4, 0.5) is 5.13 Å².